The van der Waals surface area contributed by atoms with E-state index in [2.05, 4.69) is 24.1 Å². The smallest absolute Gasteiger partial charge is 0.323 e. The number of nitrogens with one attached hydrogen (secondary N) is 1. The van der Waals surface area contributed by atoms with Gasteiger partial charge in [0.1, 0.15) is 5.54 Å². The Labute approximate surface area is 129 Å². The van der Waals surface area contributed by atoms with Crippen LogP contribution in [0.15, 0.2) is 0 Å². The number of rotatable bonds is 5. The number of carboxylic acids is 1. The van der Waals surface area contributed by atoms with Gasteiger partial charge in [0.15, 0.2) is 0 Å². The van der Waals surface area contributed by atoms with Crippen LogP contribution in [-0.4, -0.2) is 46.7 Å². The van der Waals surface area contributed by atoms with E-state index in [0.29, 0.717) is 11.5 Å². The summed E-state index contributed by atoms with van der Waals surface area (Å²) in [5.41, 5.74) is -0.209. The standard InChI is InChI=1S/C17H32N2O2/c1-5-16(4)8-10-19(11-9-16)14-6-7-17(12-14,15(20)21)18-13(2)3/h13-14,18H,5-12H2,1-4H3,(H,20,21). The molecule has 2 rings (SSSR count). The average molecular weight is 296 g/mol. The zero-order valence-electron chi connectivity index (χ0n) is 14.1. The SMILES string of the molecule is CCC1(C)CCN(C2CCC(NC(C)C)(C(=O)O)C2)CC1. The maximum atomic E-state index is 11.8. The third-order valence-electron chi connectivity index (χ3n) is 5.84. The van der Waals surface area contributed by atoms with Gasteiger partial charge < -0.3 is 10.0 Å². The lowest BCUT2D eigenvalue weighted by atomic mass is 9.78. The van der Waals surface area contributed by atoms with E-state index in [0.717, 1.165) is 32.4 Å². The first-order valence-electron chi connectivity index (χ1n) is 8.55. The van der Waals surface area contributed by atoms with Gasteiger partial charge in [-0.05, 0) is 64.5 Å². The molecule has 0 spiro atoms. The molecule has 1 heterocycles. The van der Waals surface area contributed by atoms with Crippen LogP contribution in [0.25, 0.3) is 0 Å². The van der Waals surface area contributed by atoms with Gasteiger partial charge in [-0.25, -0.2) is 0 Å². The molecule has 1 saturated heterocycles. The van der Waals surface area contributed by atoms with Crippen molar-refractivity contribution in [2.75, 3.05) is 13.1 Å². The molecule has 2 N–H and O–H groups in total. The number of likely N-dealkylation sites (tertiary alicyclic amines) is 1. The maximum absolute atomic E-state index is 11.8. The highest BCUT2D eigenvalue weighted by molar-refractivity contribution is 5.79. The monoisotopic (exact) mass is 296 g/mol. The Kier molecular flexibility index (Phi) is 4.99. The fourth-order valence-corrected chi connectivity index (χ4v) is 4.05. The molecule has 1 saturated carbocycles. The molecule has 4 heteroatoms. The van der Waals surface area contributed by atoms with Crippen molar-refractivity contribution in [2.45, 2.75) is 83.8 Å². The minimum atomic E-state index is -0.704. The molecule has 2 atom stereocenters. The predicted molar refractivity (Wildman–Crippen MR) is 85.5 cm³/mol. The molecular formula is C17H32N2O2. The van der Waals surface area contributed by atoms with Crippen LogP contribution in [0, 0.1) is 5.41 Å². The van der Waals surface area contributed by atoms with E-state index in [1.165, 1.54) is 19.3 Å². The minimum absolute atomic E-state index is 0.213. The number of aliphatic carboxylic acids is 1. The van der Waals surface area contributed by atoms with Crippen LogP contribution >= 0.6 is 0 Å². The summed E-state index contributed by atoms with van der Waals surface area (Å²) in [4.78, 5) is 14.3. The van der Waals surface area contributed by atoms with Gasteiger partial charge in [-0.15, -0.1) is 0 Å². The number of nitrogens with zero attached hydrogens (tertiary/aromatic N) is 1. The number of hydrogen-bond donors (Lipinski definition) is 2. The molecule has 0 radical (unpaired) electrons. The quantitative estimate of drug-likeness (QED) is 0.819. The Morgan fingerprint density at radius 3 is 2.43 bits per heavy atom. The van der Waals surface area contributed by atoms with Gasteiger partial charge in [0.05, 0.1) is 0 Å². The first-order chi connectivity index (χ1) is 9.80. The molecule has 122 valence electrons. The first kappa shape index (κ1) is 16.8. The highest BCUT2D eigenvalue weighted by Gasteiger charge is 2.47. The molecule has 0 aromatic carbocycles. The Bertz CT molecular complexity index is 375. The summed E-state index contributed by atoms with van der Waals surface area (Å²) in [6, 6.07) is 0.651. The molecule has 2 fully saturated rings. The largest absolute Gasteiger partial charge is 0.480 e. The number of carboxylic acid groups (broad SMARTS) is 1. The van der Waals surface area contributed by atoms with Crippen molar-refractivity contribution in [2.24, 2.45) is 5.41 Å². The van der Waals surface area contributed by atoms with Gasteiger partial charge in [0.2, 0.25) is 0 Å². The van der Waals surface area contributed by atoms with E-state index in [4.69, 9.17) is 0 Å². The summed E-state index contributed by atoms with van der Waals surface area (Å²) in [6.45, 7) is 11.0. The maximum Gasteiger partial charge on any atom is 0.323 e. The van der Waals surface area contributed by atoms with Crippen LogP contribution in [-0.2, 0) is 4.79 Å². The van der Waals surface area contributed by atoms with Crippen molar-refractivity contribution in [3.63, 3.8) is 0 Å². The number of hydrogen-bond acceptors (Lipinski definition) is 3. The van der Waals surface area contributed by atoms with Crippen molar-refractivity contribution in [3.8, 4) is 0 Å². The van der Waals surface area contributed by atoms with Crippen molar-refractivity contribution < 1.29 is 9.90 Å². The van der Waals surface area contributed by atoms with E-state index in [-0.39, 0.29) is 6.04 Å². The third kappa shape index (κ3) is 3.59. The average Bonchev–Trinajstić information content (AvgIpc) is 2.84. The fourth-order valence-electron chi connectivity index (χ4n) is 4.05. The third-order valence-corrected chi connectivity index (χ3v) is 5.84. The molecule has 0 aromatic rings. The van der Waals surface area contributed by atoms with Crippen LogP contribution in [0.4, 0.5) is 0 Å². The lowest BCUT2D eigenvalue weighted by Crippen LogP contribution is -2.54. The zero-order valence-corrected chi connectivity index (χ0v) is 14.1. The second-order valence-electron chi connectivity index (χ2n) is 7.78. The minimum Gasteiger partial charge on any atom is -0.480 e. The molecule has 1 aliphatic carbocycles. The summed E-state index contributed by atoms with van der Waals surface area (Å²) in [6.07, 6.45) is 6.26. The van der Waals surface area contributed by atoms with Gasteiger partial charge in [0.25, 0.3) is 0 Å². The van der Waals surface area contributed by atoms with E-state index in [1.807, 2.05) is 13.8 Å². The lowest BCUT2D eigenvalue weighted by molar-refractivity contribution is -0.145. The second kappa shape index (κ2) is 6.25. The van der Waals surface area contributed by atoms with Crippen LogP contribution < -0.4 is 5.32 Å². The summed E-state index contributed by atoms with van der Waals surface area (Å²) >= 11 is 0. The summed E-state index contributed by atoms with van der Waals surface area (Å²) in [7, 11) is 0. The fraction of sp³-hybridized carbons (Fsp3) is 0.941. The Hall–Kier alpha value is -0.610. The summed E-state index contributed by atoms with van der Waals surface area (Å²) in [5, 5.41) is 13.0. The molecule has 4 nitrogen and oxygen atoms in total. The summed E-state index contributed by atoms with van der Waals surface area (Å²) in [5.74, 6) is -0.672. The van der Waals surface area contributed by atoms with Crippen LogP contribution in [0.3, 0.4) is 0 Å². The van der Waals surface area contributed by atoms with E-state index < -0.39 is 11.5 Å². The molecule has 0 aromatic heterocycles. The van der Waals surface area contributed by atoms with Crippen molar-refractivity contribution in [3.05, 3.63) is 0 Å². The van der Waals surface area contributed by atoms with Gasteiger partial charge >= 0.3 is 5.97 Å². The Morgan fingerprint density at radius 1 is 1.33 bits per heavy atom. The Morgan fingerprint density at radius 2 is 1.95 bits per heavy atom. The topological polar surface area (TPSA) is 52.6 Å². The predicted octanol–water partition coefficient (Wildman–Crippen LogP) is 2.87. The highest BCUT2D eigenvalue weighted by Crippen LogP contribution is 2.39. The van der Waals surface area contributed by atoms with Gasteiger partial charge in [0, 0.05) is 12.1 Å². The number of carbonyl (C=O) groups is 1. The Balaban J connectivity index is 1.97. The van der Waals surface area contributed by atoms with Crippen LogP contribution in [0.1, 0.15) is 66.2 Å². The molecule has 0 bridgehead atoms. The van der Waals surface area contributed by atoms with E-state index in [1.54, 1.807) is 0 Å². The summed E-state index contributed by atoms with van der Waals surface area (Å²) < 4.78 is 0. The van der Waals surface area contributed by atoms with Crippen molar-refractivity contribution >= 4 is 5.97 Å². The number of piperidine rings is 1. The normalized spacial score (nSPS) is 33.5. The first-order valence-corrected chi connectivity index (χ1v) is 8.55. The molecule has 1 aliphatic heterocycles. The van der Waals surface area contributed by atoms with Crippen molar-refractivity contribution in [1.29, 1.82) is 0 Å². The molecule has 2 unspecified atom stereocenters. The molecule has 2 aliphatic rings. The van der Waals surface area contributed by atoms with Crippen molar-refractivity contribution in [1.82, 2.24) is 10.2 Å². The molecule has 0 amide bonds. The van der Waals surface area contributed by atoms with Gasteiger partial charge in [-0.2, -0.15) is 0 Å². The van der Waals surface area contributed by atoms with Gasteiger partial charge in [-0.3, -0.25) is 10.1 Å². The van der Waals surface area contributed by atoms with E-state index >= 15 is 0 Å². The second-order valence-corrected chi connectivity index (χ2v) is 7.78. The molecular weight excluding hydrogens is 264 g/mol. The van der Waals surface area contributed by atoms with Gasteiger partial charge in [-0.1, -0.05) is 20.3 Å². The molecule has 21 heavy (non-hydrogen) atoms. The highest BCUT2D eigenvalue weighted by atomic mass is 16.4. The zero-order chi connectivity index (χ0) is 15.7. The van der Waals surface area contributed by atoms with Crippen LogP contribution in [0.5, 0.6) is 0 Å². The lowest BCUT2D eigenvalue weighted by Gasteiger charge is -2.42. The van der Waals surface area contributed by atoms with Crippen LogP contribution in [0.2, 0.25) is 0 Å². The van der Waals surface area contributed by atoms with E-state index in [9.17, 15) is 9.90 Å².